The van der Waals surface area contributed by atoms with Crippen molar-refractivity contribution in [3.63, 3.8) is 0 Å². The Morgan fingerprint density at radius 3 is 2.56 bits per heavy atom. The number of carbonyl (C=O) groups excluding carboxylic acids is 2. The fourth-order valence-corrected chi connectivity index (χ4v) is 3.92. The number of esters is 1. The minimum atomic E-state index is -0.636. The smallest absolute Gasteiger partial charge is 0.331 e. The van der Waals surface area contributed by atoms with E-state index in [0.29, 0.717) is 10.8 Å². The van der Waals surface area contributed by atoms with Crippen LogP contribution in [0.5, 0.6) is 0 Å². The van der Waals surface area contributed by atoms with E-state index in [1.54, 1.807) is 48.1 Å². The van der Waals surface area contributed by atoms with E-state index in [2.05, 4.69) is 9.97 Å². The average Bonchev–Trinajstić information content (AvgIpc) is 3.36. The van der Waals surface area contributed by atoms with Gasteiger partial charge in [0.1, 0.15) is 5.82 Å². The quantitative estimate of drug-likeness (QED) is 0.262. The molecule has 2 aromatic heterocycles. The van der Waals surface area contributed by atoms with Gasteiger partial charge in [-0.3, -0.25) is 14.7 Å². The Kier molecular flexibility index (Phi) is 7.52. The zero-order valence-corrected chi connectivity index (χ0v) is 18.8. The molecular formula is C26H20FN3O3S. The molecule has 0 bridgehead atoms. The van der Waals surface area contributed by atoms with Crippen LogP contribution in [0.25, 0.3) is 17.3 Å². The summed E-state index contributed by atoms with van der Waals surface area (Å²) in [6.07, 6.45) is 6.06. The summed E-state index contributed by atoms with van der Waals surface area (Å²) in [7, 11) is 0. The van der Waals surface area contributed by atoms with E-state index in [1.807, 2.05) is 30.3 Å². The van der Waals surface area contributed by atoms with Gasteiger partial charge in [0.05, 0.1) is 12.2 Å². The van der Waals surface area contributed by atoms with E-state index >= 15 is 0 Å². The topological polar surface area (TPSA) is 72.4 Å². The van der Waals surface area contributed by atoms with E-state index in [4.69, 9.17) is 4.74 Å². The second-order valence-electron chi connectivity index (χ2n) is 7.22. The van der Waals surface area contributed by atoms with Crippen LogP contribution in [0, 0.1) is 5.82 Å². The zero-order chi connectivity index (χ0) is 23.8. The van der Waals surface area contributed by atoms with Gasteiger partial charge in [0, 0.05) is 29.4 Å². The molecule has 2 heterocycles. The molecule has 0 fully saturated rings. The van der Waals surface area contributed by atoms with Gasteiger partial charge in [0.2, 0.25) is 0 Å². The number of benzene rings is 2. The molecule has 0 aliphatic heterocycles. The summed E-state index contributed by atoms with van der Waals surface area (Å²) in [5.41, 5.74) is 3.01. The van der Waals surface area contributed by atoms with Crippen LogP contribution in [0.15, 0.2) is 90.6 Å². The fourth-order valence-electron chi connectivity index (χ4n) is 3.07. The fraction of sp³-hybridized carbons (Fsp3) is 0.0769. The first-order valence-electron chi connectivity index (χ1n) is 10.4. The van der Waals surface area contributed by atoms with E-state index in [1.165, 1.54) is 34.4 Å². The molecule has 0 aliphatic rings. The van der Waals surface area contributed by atoms with E-state index < -0.39 is 18.5 Å². The number of hydrogen-bond acceptors (Lipinski definition) is 6. The lowest BCUT2D eigenvalue weighted by atomic mass is 10.2. The third-order valence-corrected chi connectivity index (χ3v) is 5.65. The Balaban J connectivity index is 1.48. The first kappa shape index (κ1) is 23.0. The summed E-state index contributed by atoms with van der Waals surface area (Å²) < 4.78 is 18.4. The number of amides is 1. The number of thiazole rings is 1. The minimum Gasteiger partial charge on any atom is -0.452 e. The first-order valence-corrected chi connectivity index (χ1v) is 11.3. The maximum absolute atomic E-state index is 13.3. The van der Waals surface area contributed by atoms with E-state index in [9.17, 15) is 14.0 Å². The third kappa shape index (κ3) is 6.20. The number of hydrogen-bond donors (Lipinski definition) is 0. The molecule has 2 aromatic carbocycles. The van der Waals surface area contributed by atoms with Crippen LogP contribution in [0.1, 0.15) is 11.1 Å². The standard InChI is InChI=1S/C26H20FN3O3S/c27-22-11-9-21(10-12-22)23-18-34-26(29-23)30(16-20-5-2-1-3-6-20)24(31)17-33-25(32)13-8-19-7-4-14-28-15-19/h1-15,18H,16-17H2. The van der Waals surface area contributed by atoms with Gasteiger partial charge in [-0.05, 0) is 47.5 Å². The maximum atomic E-state index is 13.3. The highest BCUT2D eigenvalue weighted by atomic mass is 32.1. The average molecular weight is 474 g/mol. The lowest BCUT2D eigenvalue weighted by Gasteiger charge is -2.20. The second kappa shape index (κ2) is 11.1. The molecule has 4 rings (SSSR count). The molecule has 0 unspecified atom stereocenters. The van der Waals surface area contributed by atoms with E-state index in [0.717, 1.165) is 16.7 Å². The van der Waals surface area contributed by atoms with Crippen molar-refractivity contribution in [3.8, 4) is 11.3 Å². The molecule has 34 heavy (non-hydrogen) atoms. The van der Waals surface area contributed by atoms with Crippen molar-refractivity contribution in [3.05, 3.63) is 108 Å². The van der Waals surface area contributed by atoms with Crippen LogP contribution >= 0.6 is 11.3 Å². The number of anilines is 1. The first-order chi connectivity index (χ1) is 16.6. The highest BCUT2D eigenvalue weighted by Crippen LogP contribution is 2.29. The molecule has 170 valence electrons. The summed E-state index contributed by atoms with van der Waals surface area (Å²) in [6, 6.07) is 19.0. The number of nitrogens with zero attached hydrogens (tertiary/aromatic N) is 3. The lowest BCUT2D eigenvalue weighted by molar-refractivity contribution is -0.142. The zero-order valence-electron chi connectivity index (χ0n) is 18.0. The Hall–Kier alpha value is -4.17. The molecular weight excluding hydrogens is 453 g/mol. The number of halogens is 1. The minimum absolute atomic E-state index is 0.263. The molecule has 0 spiro atoms. The summed E-state index contributed by atoms with van der Waals surface area (Å²) in [5.74, 6) is -1.38. The Morgan fingerprint density at radius 1 is 1.03 bits per heavy atom. The summed E-state index contributed by atoms with van der Waals surface area (Å²) in [4.78, 5) is 35.2. The highest BCUT2D eigenvalue weighted by molar-refractivity contribution is 7.14. The predicted molar refractivity (Wildman–Crippen MR) is 129 cm³/mol. The van der Waals surface area contributed by atoms with Gasteiger partial charge in [-0.15, -0.1) is 11.3 Å². The largest absolute Gasteiger partial charge is 0.452 e. The molecule has 1 amide bonds. The Labute approximate surface area is 200 Å². The normalized spacial score (nSPS) is 10.9. The Bertz CT molecular complexity index is 1280. The lowest BCUT2D eigenvalue weighted by Crippen LogP contribution is -2.34. The molecule has 0 atom stereocenters. The molecule has 4 aromatic rings. The number of ether oxygens (including phenoxy) is 1. The molecule has 0 saturated carbocycles. The van der Waals surface area contributed by atoms with Gasteiger partial charge in [0.25, 0.3) is 5.91 Å². The van der Waals surface area contributed by atoms with Crippen molar-refractivity contribution in [2.24, 2.45) is 0 Å². The number of aromatic nitrogens is 2. The summed E-state index contributed by atoms with van der Waals surface area (Å²) >= 11 is 1.28. The second-order valence-corrected chi connectivity index (χ2v) is 8.05. The van der Waals surface area contributed by atoms with Crippen LogP contribution in [0.3, 0.4) is 0 Å². The Morgan fingerprint density at radius 2 is 1.82 bits per heavy atom. The third-order valence-electron chi connectivity index (χ3n) is 4.78. The maximum Gasteiger partial charge on any atom is 0.331 e. The van der Waals surface area contributed by atoms with Crippen LogP contribution < -0.4 is 4.90 Å². The summed E-state index contributed by atoms with van der Waals surface area (Å²) in [5, 5.41) is 2.26. The molecule has 6 nitrogen and oxygen atoms in total. The SMILES string of the molecule is O=C(C=Cc1cccnc1)OCC(=O)N(Cc1ccccc1)c1nc(-c2ccc(F)cc2)cs1. The van der Waals surface area contributed by atoms with Gasteiger partial charge in [0.15, 0.2) is 11.7 Å². The van der Waals surface area contributed by atoms with Crippen molar-refractivity contribution in [1.29, 1.82) is 0 Å². The van der Waals surface area contributed by atoms with Crippen LogP contribution in [-0.4, -0.2) is 28.5 Å². The van der Waals surface area contributed by atoms with Gasteiger partial charge in [-0.1, -0.05) is 36.4 Å². The van der Waals surface area contributed by atoms with Crippen molar-refractivity contribution in [2.45, 2.75) is 6.54 Å². The van der Waals surface area contributed by atoms with Crippen molar-refractivity contribution < 1.29 is 18.7 Å². The van der Waals surface area contributed by atoms with Crippen LogP contribution in [0.2, 0.25) is 0 Å². The number of rotatable bonds is 8. The monoisotopic (exact) mass is 473 g/mol. The van der Waals surface area contributed by atoms with Crippen molar-refractivity contribution >= 4 is 34.4 Å². The number of pyridine rings is 1. The molecule has 0 saturated heterocycles. The van der Waals surface area contributed by atoms with Crippen LogP contribution in [0.4, 0.5) is 9.52 Å². The van der Waals surface area contributed by atoms with Crippen molar-refractivity contribution in [1.82, 2.24) is 9.97 Å². The molecule has 8 heteroatoms. The van der Waals surface area contributed by atoms with Gasteiger partial charge >= 0.3 is 5.97 Å². The van der Waals surface area contributed by atoms with Crippen molar-refractivity contribution in [2.75, 3.05) is 11.5 Å². The predicted octanol–water partition coefficient (Wildman–Crippen LogP) is 5.13. The molecule has 0 radical (unpaired) electrons. The van der Waals surface area contributed by atoms with Gasteiger partial charge in [-0.25, -0.2) is 14.2 Å². The molecule has 0 aliphatic carbocycles. The molecule has 0 N–H and O–H groups in total. The van der Waals surface area contributed by atoms with Crippen LogP contribution in [-0.2, 0) is 20.9 Å². The number of carbonyl (C=O) groups is 2. The van der Waals surface area contributed by atoms with Gasteiger partial charge in [-0.2, -0.15) is 0 Å². The van der Waals surface area contributed by atoms with E-state index in [-0.39, 0.29) is 12.4 Å². The summed E-state index contributed by atoms with van der Waals surface area (Å²) in [6.45, 7) is -0.173. The van der Waals surface area contributed by atoms with Gasteiger partial charge < -0.3 is 4.74 Å². The highest BCUT2D eigenvalue weighted by Gasteiger charge is 2.21.